The van der Waals surface area contributed by atoms with E-state index in [0.717, 1.165) is 0 Å². The van der Waals surface area contributed by atoms with Gasteiger partial charge in [0.2, 0.25) is 5.91 Å². The van der Waals surface area contributed by atoms with Crippen LogP contribution >= 0.6 is 0 Å². The normalized spacial score (nSPS) is 18.7. The number of anilines is 1. The van der Waals surface area contributed by atoms with Gasteiger partial charge in [0, 0.05) is 18.6 Å². The number of amides is 1. The van der Waals surface area contributed by atoms with Crippen LogP contribution in [0.1, 0.15) is 33.6 Å². The predicted octanol–water partition coefficient (Wildman–Crippen LogP) is 2.77. The van der Waals surface area contributed by atoms with Crippen LogP contribution in [0.4, 0.5) is 5.69 Å². The number of hydrogen-bond donors (Lipinski definition) is 0. The van der Waals surface area contributed by atoms with Gasteiger partial charge in [0.25, 0.3) is 0 Å². The molecule has 0 saturated carbocycles. The molecule has 1 aromatic rings. The fourth-order valence-corrected chi connectivity index (χ4v) is 2.27. The summed E-state index contributed by atoms with van der Waals surface area (Å²) in [5.41, 5.74) is 0.531. The fraction of sp³-hybridized carbons (Fsp3) is 0.471. The zero-order valence-electron chi connectivity index (χ0n) is 13.7. The van der Waals surface area contributed by atoms with E-state index < -0.39 is 12.1 Å². The van der Waals surface area contributed by atoms with Crippen LogP contribution in [0.25, 0.3) is 0 Å². The van der Waals surface area contributed by atoms with Crippen LogP contribution in [-0.2, 0) is 14.3 Å². The van der Waals surface area contributed by atoms with Crippen LogP contribution < -0.4 is 9.75 Å². The molecule has 6 heteroatoms. The molecule has 2 unspecified atom stereocenters. The third-order valence-electron chi connectivity index (χ3n) is 3.45. The largest absolute Gasteiger partial charge is 0.476 e. The first-order valence-corrected chi connectivity index (χ1v) is 7.86. The van der Waals surface area contributed by atoms with Gasteiger partial charge in [-0.2, -0.15) is 10.1 Å². The summed E-state index contributed by atoms with van der Waals surface area (Å²) >= 11 is 0. The lowest BCUT2D eigenvalue weighted by atomic mass is 10.1. The van der Waals surface area contributed by atoms with E-state index >= 15 is 0 Å². The van der Waals surface area contributed by atoms with Crippen molar-refractivity contribution in [1.29, 1.82) is 0 Å². The van der Waals surface area contributed by atoms with Crippen molar-refractivity contribution in [1.82, 2.24) is 0 Å². The molecular formula is C17H22N2O4. The van der Waals surface area contributed by atoms with Crippen LogP contribution in [0.15, 0.2) is 29.4 Å². The van der Waals surface area contributed by atoms with Crippen LogP contribution in [0.2, 0.25) is 0 Å². The van der Waals surface area contributed by atoms with Crippen LogP contribution in [-0.4, -0.2) is 30.8 Å². The van der Waals surface area contributed by atoms with E-state index in [-0.39, 0.29) is 11.8 Å². The standard InChI is InChI=1S/C17H22N2O4/c1-4-14(17(21)22-5-2)23-15-9-7-6-8-13(15)19-16(20)10-12(3)11-18-19/h6-9,11-12,14H,4-5,10H2,1-3H3. The fourth-order valence-electron chi connectivity index (χ4n) is 2.27. The van der Waals surface area contributed by atoms with E-state index in [1.54, 1.807) is 37.4 Å². The number of esters is 1. The van der Waals surface area contributed by atoms with Crippen molar-refractivity contribution < 1.29 is 19.1 Å². The lowest BCUT2D eigenvalue weighted by Gasteiger charge is -2.25. The molecule has 6 nitrogen and oxygen atoms in total. The van der Waals surface area contributed by atoms with Crippen LogP contribution in [0, 0.1) is 5.92 Å². The van der Waals surface area contributed by atoms with E-state index in [1.807, 2.05) is 13.8 Å². The van der Waals surface area contributed by atoms with E-state index in [1.165, 1.54) is 5.01 Å². The third kappa shape index (κ3) is 4.09. The molecule has 1 amide bonds. The summed E-state index contributed by atoms with van der Waals surface area (Å²) in [5, 5.41) is 5.53. The monoisotopic (exact) mass is 318 g/mol. The Balaban J connectivity index is 2.25. The van der Waals surface area contributed by atoms with E-state index in [0.29, 0.717) is 30.9 Å². The number of ether oxygens (including phenoxy) is 2. The van der Waals surface area contributed by atoms with Crippen molar-refractivity contribution in [3.8, 4) is 5.75 Å². The smallest absolute Gasteiger partial charge is 0.347 e. The zero-order chi connectivity index (χ0) is 16.8. The highest BCUT2D eigenvalue weighted by atomic mass is 16.6. The highest BCUT2D eigenvalue weighted by Gasteiger charge is 2.26. The molecule has 1 aliphatic heterocycles. The Kier molecular flexibility index (Phi) is 5.73. The van der Waals surface area contributed by atoms with Crippen molar-refractivity contribution >= 4 is 23.8 Å². The van der Waals surface area contributed by atoms with Crippen molar-refractivity contribution in [2.45, 2.75) is 39.7 Å². The van der Waals surface area contributed by atoms with Crippen LogP contribution in [0.5, 0.6) is 5.75 Å². The Hall–Kier alpha value is -2.37. The van der Waals surface area contributed by atoms with E-state index in [2.05, 4.69) is 5.10 Å². The Bertz CT molecular complexity index is 600. The molecule has 1 aromatic carbocycles. The minimum absolute atomic E-state index is 0.0970. The number of carbonyl (C=O) groups excluding carboxylic acids is 2. The quantitative estimate of drug-likeness (QED) is 0.756. The molecule has 0 bridgehead atoms. The second-order valence-electron chi connectivity index (χ2n) is 5.39. The molecule has 23 heavy (non-hydrogen) atoms. The maximum Gasteiger partial charge on any atom is 0.347 e. The van der Waals surface area contributed by atoms with Gasteiger partial charge in [-0.25, -0.2) is 4.79 Å². The van der Waals surface area contributed by atoms with Gasteiger partial charge in [0.05, 0.1) is 6.61 Å². The van der Waals surface area contributed by atoms with Gasteiger partial charge >= 0.3 is 5.97 Å². The van der Waals surface area contributed by atoms with Crippen LogP contribution in [0.3, 0.4) is 0 Å². The van der Waals surface area contributed by atoms with Gasteiger partial charge in [-0.3, -0.25) is 4.79 Å². The Morgan fingerprint density at radius 3 is 2.78 bits per heavy atom. The van der Waals surface area contributed by atoms with Crippen molar-refractivity contribution in [2.24, 2.45) is 11.0 Å². The van der Waals surface area contributed by atoms with Gasteiger partial charge in [-0.15, -0.1) is 0 Å². The first kappa shape index (κ1) is 17.0. The first-order chi connectivity index (χ1) is 11.1. The summed E-state index contributed by atoms with van der Waals surface area (Å²) in [4.78, 5) is 24.1. The summed E-state index contributed by atoms with van der Waals surface area (Å²) in [6, 6.07) is 7.06. The second-order valence-corrected chi connectivity index (χ2v) is 5.39. The average Bonchev–Trinajstić information content (AvgIpc) is 2.53. The molecule has 2 rings (SSSR count). The predicted molar refractivity (Wildman–Crippen MR) is 87.5 cm³/mol. The van der Waals surface area contributed by atoms with Gasteiger partial charge < -0.3 is 9.47 Å². The zero-order valence-corrected chi connectivity index (χ0v) is 13.7. The number of hydrogen-bond acceptors (Lipinski definition) is 5. The minimum atomic E-state index is -0.709. The van der Waals surface area contributed by atoms with Gasteiger partial charge in [-0.05, 0) is 25.5 Å². The van der Waals surface area contributed by atoms with E-state index in [4.69, 9.17) is 9.47 Å². The number of hydrazone groups is 1. The maximum absolute atomic E-state index is 12.2. The topological polar surface area (TPSA) is 68.2 Å². The number of para-hydroxylation sites is 2. The van der Waals surface area contributed by atoms with Gasteiger partial charge in [0.1, 0.15) is 11.4 Å². The summed E-state index contributed by atoms with van der Waals surface area (Å²) in [6.45, 7) is 5.83. The van der Waals surface area contributed by atoms with Crippen molar-refractivity contribution in [3.63, 3.8) is 0 Å². The summed E-state index contributed by atoms with van der Waals surface area (Å²) in [5.74, 6) is 0.0503. The van der Waals surface area contributed by atoms with E-state index in [9.17, 15) is 9.59 Å². The molecule has 0 spiro atoms. The molecule has 0 radical (unpaired) electrons. The Labute approximate surface area is 136 Å². The number of rotatable bonds is 6. The summed E-state index contributed by atoms with van der Waals surface area (Å²) < 4.78 is 10.8. The Morgan fingerprint density at radius 1 is 1.39 bits per heavy atom. The second kappa shape index (κ2) is 7.76. The summed E-state index contributed by atoms with van der Waals surface area (Å²) in [7, 11) is 0. The lowest BCUT2D eigenvalue weighted by molar-refractivity contribution is -0.151. The molecule has 0 N–H and O–H groups in total. The number of nitrogens with zero attached hydrogens (tertiary/aromatic N) is 2. The molecular weight excluding hydrogens is 296 g/mol. The minimum Gasteiger partial charge on any atom is -0.476 e. The number of carbonyl (C=O) groups is 2. The van der Waals surface area contributed by atoms with Crippen molar-refractivity contribution in [2.75, 3.05) is 11.6 Å². The molecule has 0 fully saturated rings. The molecule has 1 heterocycles. The average molecular weight is 318 g/mol. The first-order valence-electron chi connectivity index (χ1n) is 7.86. The highest BCUT2D eigenvalue weighted by molar-refractivity contribution is 5.98. The lowest BCUT2D eigenvalue weighted by Crippen LogP contribution is -2.33. The Morgan fingerprint density at radius 2 is 2.13 bits per heavy atom. The molecule has 1 aliphatic rings. The maximum atomic E-state index is 12.2. The molecule has 2 atom stereocenters. The number of benzene rings is 1. The van der Waals surface area contributed by atoms with Gasteiger partial charge in [0.15, 0.2) is 6.10 Å². The van der Waals surface area contributed by atoms with Crippen molar-refractivity contribution in [3.05, 3.63) is 24.3 Å². The molecule has 0 aromatic heterocycles. The highest BCUT2D eigenvalue weighted by Crippen LogP contribution is 2.31. The third-order valence-corrected chi connectivity index (χ3v) is 3.45. The molecule has 0 saturated heterocycles. The molecule has 0 aliphatic carbocycles. The SMILES string of the molecule is CCOC(=O)C(CC)Oc1ccccc1N1N=CC(C)CC1=O. The van der Waals surface area contributed by atoms with Gasteiger partial charge in [-0.1, -0.05) is 26.0 Å². The summed E-state index contributed by atoms with van der Waals surface area (Å²) in [6.07, 6.45) is 1.90. The molecule has 124 valence electrons.